The minimum Gasteiger partial charge on any atom is -0.308 e. The summed E-state index contributed by atoms with van der Waals surface area (Å²) in [6.45, 7) is 0.942. The van der Waals surface area contributed by atoms with Crippen LogP contribution in [0.4, 0.5) is 0 Å². The fourth-order valence-electron chi connectivity index (χ4n) is 4.65. The maximum Gasteiger partial charge on any atom is 0.131 e. The molecule has 4 heteroatoms. The average Bonchev–Trinajstić information content (AvgIpc) is 3.23. The monoisotopic (exact) mass is 261 g/mol. The topological polar surface area (TPSA) is 37.8 Å². The molecule has 5 rings (SSSR count). The van der Waals surface area contributed by atoms with Crippen molar-refractivity contribution in [3.63, 3.8) is 0 Å². The molecule has 1 aromatic heterocycles. The molecule has 1 aromatic rings. The first-order valence-electron chi connectivity index (χ1n) is 7.46. The average molecular weight is 261 g/mol. The SMILES string of the molecule is C(NC1CC1)c1nnc(C2C3C4CCC(C4)C23)s1. The van der Waals surface area contributed by atoms with Gasteiger partial charge in [-0.05, 0) is 55.8 Å². The van der Waals surface area contributed by atoms with Gasteiger partial charge < -0.3 is 5.32 Å². The number of nitrogens with zero attached hydrogens (tertiary/aromatic N) is 2. The lowest BCUT2D eigenvalue weighted by molar-refractivity contribution is 0.456. The maximum absolute atomic E-state index is 4.48. The third-order valence-corrected chi connectivity index (χ3v) is 6.65. The van der Waals surface area contributed by atoms with E-state index in [0.29, 0.717) is 0 Å². The third kappa shape index (κ3) is 1.45. The minimum atomic E-state index is 0.772. The molecule has 2 bridgehead atoms. The fraction of sp³-hybridized carbons (Fsp3) is 0.857. The molecule has 0 amide bonds. The number of aromatic nitrogens is 2. The summed E-state index contributed by atoms with van der Waals surface area (Å²) < 4.78 is 0. The standard InChI is InChI=1S/C14H19N3S/c1-2-8-5-7(1)11-12(8)13(11)14-17-16-10(18-14)6-15-9-3-4-9/h7-9,11-13,15H,1-6H2. The predicted octanol–water partition coefficient (Wildman–Crippen LogP) is 2.55. The van der Waals surface area contributed by atoms with Gasteiger partial charge >= 0.3 is 0 Å². The zero-order chi connectivity index (χ0) is 11.7. The Labute approximate surface area is 111 Å². The Kier molecular flexibility index (Phi) is 2.03. The fourth-order valence-corrected chi connectivity index (χ4v) is 5.66. The van der Waals surface area contributed by atoms with Crippen molar-refractivity contribution in [1.29, 1.82) is 0 Å². The van der Waals surface area contributed by atoms with Crippen molar-refractivity contribution in [1.82, 2.24) is 15.5 Å². The zero-order valence-corrected chi connectivity index (χ0v) is 11.3. The van der Waals surface area contributed by atoms with Crippen LogP contribution in [0.5, 0.6) is 0 Å². The Balaban J connectivity index is 1.30. The molecule has 0 spiro atoms. The molecule has 4 saturated carbocycles. The molecular formula is C14H19N3S. The van der Waals surface area contributed by atoms with Gasteiger partial charge in [-0.3, -0.25) is 0 Å². The number of nitrogens with one attached hydrogen (secondary N) is 1. The van der Waals surface area contributed by atoms with Crippen LogP contribution in [0.2, 0.25) is 0 Å². The van der Waals surface area contributed by atoms with Gasteiger partial charge in [-0.1, -0.05) is 11.3 Å². The van der Waals surface area contributed by atoms with Gasteiger partial charge in [0.05, 0.1) is 0 Å². The molecule has 18 heavy (non-hydrogen) atoms. The van der Waals surface area contributed by atoms with Crippen LogP contribution >= 0.6 is 11.3 Å². The van der Waals surface area contributed by atoms with E-state index in [4.69, 9.17) is 0 Å². The van der Waals surface area contributed by atoms with Gasteiger partial charge in [0.15, 0.2) is 0 Å². The molecule has 1 N–H and O–H groups in total. The summed E-state index contributed by atoms with van der Waals surface area (Å²) in [6, 6.07) is 0.772. The van der Waals surface area contributed by atoms with Gasteiger partial charge in [-0.25, -0.2) is 0 Å². The van der Waals surface area contributed by atoms with Crippen LogP contribution in [0.1, 0.15) is 48.0 Å². The second kappa shape index (κ2) is 3.54. The molecule has 3 nitrogen and oxygen atoms in total. The van der Waals surface area contributed by atoms with E-state index in [1.54, 1.807) is 0 Å². The van der Waals surface area contributed by atoms with Crippen molar-refractivity contribution in [2.75, 3.05) is 0 Å². The van der Waals surface area contributed by atoms with Crippen LogP contribution in [-0.4, -0.2) is 16.2 Å². The summed E-state index contributed by atoms with van der Waals surface area (Å²) in [4.78, 5) is 0. The quantitative estimate of drug-likeness (QED) is 0.905. The van der Waals surface area contributed by atoms with E-state index in [0.717, 1.165) is 42.2 Å². The van der Waals surface area contributed by atoms with Crippen molar-refractivity contribution in [3.05, 3.63) is 10.0 Å². The van der Waals surface area contributed by atoms with E-state index in [-0.39, 0.29) is 0 Å². The van der Waals surface area contributed by atoms with Crippen molar-refractivity contribution in [3.8, 4) is 0 Å². The summed E-state index contributed by atoms with van der Waals surface area (Å²) in [5, 5.41) is 15.0. The molecule has 4 fully saturated rings. The van der Waals surface area contributed by atoms with E-state index in [9.17, 15) is 0 Å². The lowest BCUT2D eigenvalue weighted by Crippen LogP contribution is -2.14. The predicted molar refractivity (Wildman–Crippen MR) is 70.3 cm³/mol. The highest BCUT2D eigenvalue weighted by atomic mass is 32.1. The highest BCUT2D eigenvalue weighted by Gasteiger charge is 2.66. The van der Waals surface area contributed by atoms with Gasteiger partial charge in [0, 0.05) is 18.5 Å². The van der Waals surface area contributed by atoms with Gasteiger partial charge in [-0.2, -0.15) is 0 Å². The van der Waals surface area contributed by atoms with Crippen LogP contribution in [0.3, 0.4) is 0 Å². The second-order valence-electron chi connectivity index (χ2n) is 6.70. The van der Waals surface area contributed by atoms with Gasteiger partial charge in [0.25, 0.3) is 0 Å². The van der Waals surface area contributed by atoms with Gasteiger partial charge in [-0.15, -0.1) is 10.2 Å². The molecule has 1 heterocycles. The van der Waals surface area contributed by atoms with Crippen LogP contribution in [0.25, 0.3) is 0 Å². The molecule has 0 aromatic carbocycles. The second-order valence-corrected chi connectivity index (χ2v) is 7.80. The molecule has 4 unspecified atom stereocenters. The molecule has 96 valence electrons. The highest BCUT2D eigenvalue weighted by Crippen LogP contribution is 2.73. The number of hydrogen-bond acceptors (Lipinski definition) is 4. The first kappa shape index (κ1) is 10.3. The van der Waals surface area contributed by atoms with Gasteiger partial charge in [0.2, 0.25) is 0 Å². The summed E-state index contributed by atoms with van der Waals surface area (Å²) in [5.74, 6) is 4.90. The summed E-state index contributed by atoms with van der Waals surface area (Å²) in [7, 11) is 0. The zero-order valence-electron chi connectivity index (χ0n) is 10.5. The van der Waals surface area contributed by atoms with Crippen LogP contribution in [0, 0.1) is 23.7 Å². The van der Waals surface area contributed by atoms with Crippen molar-refractivity contribution in [2.24, 2.45) is 23.7 Å². The lowest BCUT2D eigenvalue weighted by atomic mass is 10.0. The highest BCUT2D eigenvalue weighted by molar-refractivity contribution is 7.11. The van der Waals surface area contributed by atoms with Crippen molar-refractivity contribution < 1.29 is 0 Å². The molecule has 4 aliphatic carbocycles. The third-order valence-electron chi connectivity index (χ3n) is 5.62. The molecule has 0 aliphatic heterocycles. The van der Waals surface area contributed by atoms with Crippen LogP contribution in [-0.2, 0) is 6.54 Å². The molecule has 4 atom stereocenters. The van der Waals surface area contributed by atoms with E-state index in [1.165, 1.54) is 42.1 Å². The summed E-state index contributed by atoms with van der Waals surface area (Å²) in [5.41, 5.74) is 0. The molecule has 4 aliphatic rings. The van der Waals surface area contributed by atoms with E-state index >= 15 is 0 Å². The molecule has 0 radical (unpaired) electrons. The Morgan fingerprint density at radius 1 is 1.06 bits per heavy atom. The van der Waals surface area contributed by atoms with Crippen molar-refractivity contribution in [2.45, 2.75) is 50.6 Å². The largest absolute Gasteiger partial charge is 0.308 e. The van der Waals surface area contributed by atoms with Gasteiger partial charge in [0.1, 0.15) is 10.0 Å². The first-order chi connectivity index (χ1) is 8.90. The Morgan fingerprint density at radius 3 is 2.56 bits per heavy atom. The molecule has 0 saturated heterocycles. The summed E-state index contributed by atoms with van der Waals surface area (Å²) >= 11 is 1.88. The number of rotatable bonds is 4. The van der Waals surface area contributed by atoms with Crippen LogP contribution in [0.15, 0.2) is 0 Å². The van der Waals surface area contributed by atoms with E-state index in [1.807, 2.05) is 11.3 Å². The Morgan fingerprint density at radius 2 is 1.83 bits per heavy atom. The summed E-state index contributed by atoms with van der Waals surface area (Å²) in [6.07, 6.45) is 7.22. The number of hydrogen-bond donors (Lipinski definition) is 1. The van der Waals surface area contributed by atoms with Crippen LogP contribution < -0.4 is 5.32 Å². The normalized spacial score (nSPS) is 44.3. The molecular weight excluding hydrogens is 242 g/mol. The minimum absolute atomic E-state index is 0.772. The Hall–Kier alpha value is -0.480. The van der Waals surface area contributed by atoms with Crippen molar-refractivity contribution >= 4 is 11.3 Å². The van der Waals surface area contributed by atoms with E-state index in [2.05, 4.69) is 15.5 Å². The smallest absolute Gasteiger partial charge is 0.131 e. The van der Waals surface area contributed by atoms with E-state index < -0.39 is 0 Å². The maximum atomic E-state index is 4.48. The lowest BCUT2D eigenvalue weighted by Gasteiger charge is -2.04. The first-order valence-corrected chi connectivity index (χ1v) is 8.27. The Bertz CT molecular complexity index is 465. The number of fused-ring (bicyclic) bond motifs is 5.